The number of nitrogens with one attached hydrogen (secondary N) is 1. The van der Waals surface area contributed by atoms with Crippen molar-refractivity contribution in [3.05, 3.63) is 11.9 Å². The molecule has 1 N–H and O–H groups in total. The minimum atomic E-state index is 0.366. The van der Waals surface area contributed by atoms with Crippen LogP contribution < -0.4 is 10.1 Å². The second-order valence-electron chi connectivity index (χ2n) is 5.76. The molecule has 1 aromatic rings. The first kappa shape index (κ1) is 14.4. The monoisotopic (exact) mass is 265 g/mol. The van der Waals surface area contributed by atoms with Crippen LogP contribution in [0.3, 0.4) is 0 Å². The van der Waals surface area contributed by atoms with Crippen LogP contribution in [0.2, 0.25) is 0 Å². The highest BCUT2D eigenvalue weighted by atomic mass is 16.5. The van der Waals surface area contributed by atoms with Crippen LogP contribution >= 0.6 is 0 Å². The van der Waals surface area contributed by atoms with Crippen LogP contribution in [-0.4, -0.2) is 23.4 Å². The van der Waals surface area contributed by atoms with Crippen molar-refractivity contribution in [1.82, 2.24) is 15.1 Å². The van der Waals surface area contributed by atoms with E-state index in [4.69, 9.17) is 4.74 Å². The second kappa shape index (κ2) is 6.42. The summed E-state index contributed by atoms with van der Waals surface area (Å²) >= 11 is 0. The molecule has 0 aromatic carbocycles. The van der Waals surface area contributed by atoms with Gasteiger partial charge in [0.25, 0.3) is 0 Å². The summed E-state index contributed by atoms with van der Waals surface area (Å²) in [5.74, 6) is 1.66. The minimum Gasteiger partial charge on any atom is -0.493 e. The van der Waals surface area contributed by atoms with Gasteiger partial charge in [-0.25, -0.2) is 0 Å². The zero-order valence-electron chi connectivity index (χ0n) is 12.6. The van der Waals surface area contributed by atoms with Crippen LogP contribution in [0.15, 0.2) is 6.20 Å². The van der Waals surface area contributed by atoms with Crippen molar-refractivity contribution in [2.75, 3.05) is 13.7 Å². The van der Waals surface area contributed by atoms with E-state index in [0.717, 1.165) is 24.6 Å². The van der Waals surface area contributed by atoms with E-state index in [2.05, 4.69) is 35.9 Å². The van der Waals surface area contributed by atoms with E-state index >= 15 is 0 Å². The normalized spacial score (nSPS) is 17.5. The molecule has 1 heterocycles. The van der Waals surface area contributed by atoms with Gasteiger partial charge in [0.1, 0.15) is 0 Å². The highest BCUT2D eigenvalue weighted by molar-refractivity contribution is 5.29. The molecule has 0 radical (unpaired) electrons. The number of methoxy groups -OCH3 is 1. The minimum absolute atomic E-state index is 0.366. The molecular weight excluding hydrogens is 238 g/mol. The Kier molecular flexibility index (Phi) is 4.86. The number of hydrogen-bond acceptors (Lipinski definition) is 3. The molecule has 1 aliphatic carbocycles. The summed E-state index contributed by atoms with van der Waals surface area (Å²) in [7, 11) is 1.74. The van der Waals surface area contributed by atoms with Crippen molar-refractivity contribution in [3.8, 4) is 5.75 Å². The highest BCUT2D eigenvalue weighted by Gasteiger charge is 2.33. The summed E-state index contributed by atoms with van der Waals surface area (Å²) in [6, 6.07) is 0.749. The smallest absolute Gasteiger partial charge is 0.161 e. The molecule has 0 bridgehead atoms. The van der Waals surface area contributed by atoms with Crippen molar-refractivity contribution in [2.45, 2.75) is 58.5 Å². The average molecular weight is 265 g/mol. The Hall–Kier alpha value is -1.03. The fourth-order valence-electron chi connectivity index (χ4n) is 2.78. The van der Waals surface area contributed by atoms with Gasteiger partial charge in [0.15, 0.2) is 5.75 Å². The van der Waals surface area contributed by atoms with Crippen LogP contribution in [0.4, 0.5) is 0 Å². The maximum Gasteiger partial charge on any atom is 0.161 e. The van der Waals surface area contributed by atoms with E-state index in [0.29, 0.717) is 12.1 Å². The molecule has 1 saturated carbocycles. The molecular formula is C15H27N3O. The van der Waals surface area contributed by atoms with E-state index in [9.17, 15) is 0 Å². The molecule has 0 spiro atoms. The van der Waals surface area contributed by atoms with E-state index in [1.807, 2.05) is 6.20 Å². The Bertz CT molecular complexity index is 396. The zero-order valence-corrected chi connectivity index (χ0v) is 12.6. The topological polar surface area (TPSA) is 39.1 Å². The van der Waals surface area contributed by atoms with Crippen molar-refractivity contribution >= 4 is 0 Å². The molecule has 108 valence electrons. The lowest BCUT2D eigenvalue weighted by Gasteiger charge is -2.35. The fourth-order valence-corrected chi connectivity index (χ4v) is 2.78. The van der Waals surface area contributed by atoms with Gasteiger partial charge in [0.2, 0.25) is 0 Å². The maximum absolute atomic E-state index is 5.53. The molecule has 1 aliphatic rings. The summed E-state index contributed by atoms with van der Waals surface area (Å²) in [5.41, 5.74) is 1.23. The number of ether oxygens (including phenoxy) is 1. The van der Waals surface area contributed by atoms with Crippen LogP contribution in [0.25, 0.3) is 0 Å². The van der Waals surface area contributed by atoms with E-state index < -0.39 is 0 Å². The first-order valence-corrected chi connectivity index (χ1v) is 7.53. The number of nitrogens with zero attached hydrogens (tertiary/aromatic N) is 2. The predicted molar refractivity (Wildman–Crippen MR) is 77.5 cm³/mol. The summed E-state index contributed by atoms with van der Waals surface area (Å²) in [6.07, 6.45) is 6.99. The van der Waals surface area contributed by atoms with Gasteiger partial charge in [-0.3, -0.25) is 4.68 Å². The van der Waals surface area contributed by atoms with Crippen molar-refractivity contribution in [2.24, 2.45) is 5.92 Å². The number of aromatic nitrogens is 2. The molecule has 19 heavy (non-hydrogen) atoms. The third-order valence-electron chi connectivity index (χ3n) is 4.04. The lowest BCUT2D eigenvalue weighted by atomic mass is 9.78. The highest BCUT2D eigenvalue weighted by Crippen LogP contribution is 2.41. The van der Waals surface area contributed by atoms with Crippen LogP contribution in [0, 0.1) is 5.92 Å². The first-order valence-electron chi connectivity index (χ1n) is 7.53. The summed E-state index contributed by atoms with van der Waals surface area (Å²) in [5, 5.41) is 8.21. The Morgan fingerprint density at radius 1 is 1.47 bits per heavy atom. The van der Waals surface area contributed by atoms with Crippen molar-refractivity contribution < 1.29 is 4.74 Å². The Morgan fingerprint density at radius 3 is 2.68 bits per heavy atom. The lowest BCUT2D eigenvalue weighted by molar-refractivity contribution is 0.215. The first-order chi connectivity index (χ1) is 9.19. The van der Waals surface area contributed by atoms with Gasteiger partial charge in [-0.15, -0.1) is 0 Å². The predicted octanol–water partition coefficient (Wildman–Crippen LogP) is 3.31. The van der Waals surface area contributed by atoms with Gasteiger partial charge in [-0.05, 0) is 45.6 Å². The molecule has 0 aliphatic heterocycles. The standard InChI is InChI=1S/C15H27N3O/c1-5-9-16-14(12-7-6-8-12)15-13(19-4)10-17-18(15)11(2)3/h10-12,14,16H,5-9H2,1-4H3. The molecule has 0 amide bonds. The van der Waals surface area contributed by atoms with Crippen LogP contribution in [0.5, 0.6) is 5.75 Å². The Labute approximate surface area is 116 Å². The van der Waals surface area contributed by atoms with E-state index in [1.54, 1.807) is 7.11 Å². The van der Waals surface area contributed by atoms with E-state index in [1.165, 1.54) is 25.0 Å². The SMILES string of the molecule is CCCNC(c1c(OC)cnn1C(C)C)C1CCC1. The van der Waals surface area contributed by atoms with Gasteiger partial charge in [-0.1, -0.05) is 13.3 Å². The molecule has 0 saturated heterocycles. The van der Waals surface area contributed by atoms with E-state index in [-0.39, 0.29) is 0 Å². The largest absolute Gasteiger partial charge is 0.493 e. The zero-order chi connectivity index (χ0) is 13.8. The van der Waals surface area contributed by atoms with Crippen molar-refractivity contribution in [1.29, 1.82) is 0 Å². The van der Waals surface area contributed by atoms with Crippen LogP contribution in [0.1, 0.15) is 64.2 Å². The molecule has 1 unspecified atom stereocenters. The van der Waals surface area contributed by atoms with Gasteiger partial charge in [0, 0.05) is 6.04 Å². The van der Waals surface area contributed by atoms with Gasteiger partial charge < -0.3 is 10.1 Å². The third kappa shape index (κ3) is 2.94. The van der Waals surface area contributed by atoms with Crippen molar-refractivity contribution in [3.63, 3.8) is 0 Å². The average Bonchev–Trinajstić information content (AvgIpc) is 2.75. The number of hydrogen-bond donors (Lipinski definition) is 1. The molecule has 4 nitrogen and oxygen atoms in total. The molecule has 2 rings (SSSR count). The summed E-state index contributed by atoms with van der Waals surface area (Å²) in [4.78, 5) is 0. The summed E-state index contributed by atoms with van der Waals surface area (Å²) in [6.45, 7) is 7.61. The quantitative estimate of drug-likeness (QED) is 0.822. The van der Waals surface area contributed by atoms with Gasteiger partial charge in [0.05, 0.1) is 25.0 Å². The molecule has 1 atom stereocenters. The number of rotatable bonds is 7. The molecule has 4 heteroatoms. The fraction of sp³-hybridized carbons (Fsp3) is 0.800. The maximum atomic E-state index is 5.53. The molecule has 1 fully saturated rings. The molecule has 1 aromatic heterocycles. The van der Waals surface area contributed by atoms with Crippen LogP contribution in [-0.2, 0) is 0 Å². The lowest BCUT2D eigenvalue weighted by Crippen LogP contribution is -2.34. The van der Waals surface area contributed by atoms with Gasteiger partial charge >= 0.3 is 0 Å². The second-order valence-corrected chi connectivity index (χ2v) is 5.76. The third-order valence-corrected chi connectivity index (χ3v) is 4.04. The summed E-state index contributed by atoms with van der Waals surface area (Å²) < 4.78 is 7.65. The van der Waals surface area contributed by atoms with Gasteiger partial charge in [-0.2, -0.15) is 5.10 Å². The Balaban J connectivity index is 2.30. The Morgan fingerprint density at radius 2 is 2.21 bits per heavy atom.